The van der Waals surface area contributed by atoms with E-state index < -0.39 is 0 Å². The van der Waals surface area contributed by atoms with Crippen LogP contribution < -0.4 is 10.6 Å². The number of allylic oxidation sites excluding steroid dienone is 1. The molecule has 2 aliphatic rings. The van der Waals surface area contributed by atoms with E-state index in [1.165, 1.54) is 0 Å². The molecule has 1 unspecified atom stereocenters. The number of nitrogens with one attached hydrogen (secondary N) is 2. The standard InChI is InChI=1S/C21H20Cl2N2O/c1-21(2)10-17-19(18(26)11-21)20(12-7-13(22)9-14(23)8-12)25-16-6-4-3-5-15(16)24-17/h3-9,20,24-25H,10-11H2,1-2H3. The molecule has 1 atom stereocenters. The second kappa shape index (κ2) is 6.33. The van der Waals surface area contributed by atoms with Crippen molar-refractivity contribution in [3.8, 4) is 0 Å². The summed E-state index contributed by atoms with van der Waals surface area (Å²) in [6.45, 7) is 4.26. The molecule has 26 heavy (non-hydrogen) atoms. The van der Waals surface area contributed by atoms with E-state index in [1.807, 2.05) is 36.4 Å². The summed E-state index contributed by atoms with van der Waals surface area (Å²) in [6, 6.07) is 13.2. The highest BCUT2D eigenvalue weighted by Crippen LogP contribution is 2.45. The van der Waals surface area contributed by atoms with Gasteiger partial charge in [0.05, 0.1) is 17.4 Å². The number of carbonyl (C=O) groups excluding carboxylic acids is 1. The van der Waals surface area contributed by atoms with Crippen LogP contribution in [0.5, 0.6) is 0 Å². The Morgan fingerprint density at radius 1 is 1.00 bits per heavy atom. The number of para-hydroxylation sites is 2. The molecule has 0 aromatic heterocycles. The van der Waals surface area contributed by atoms with E-state index in [9.17, 15) is 4.79 Å². The van der Waals surface area contributed by atoms with Gasteiger partial charge in [-0.05, 0) is 47.7 Å². The zero-order chi connectivity index (χ0) is 18.5. The molecular formula is C21H20Cl2N2O. The molecule has 0 bridgehead atoms. The molecule has 0 amide bonds. The lowest BCUT2D eigenvalue weighted by atomic mass is 9.73. The average molecular weight is 387 g/mol. The summed E-state index contributed by atoms with van der Waals surface area (Å²) < 4.78 is 0. The van der Waals surface area contributed by atoms with Crippen molar-refractivity contribution in [2.75, 3.05) is 10.6 Å². The summed E-state index contributed by atoms with van der Waals surface area (Å²) in [5.41, 5.74) is 4.50. The van der Waals surface area contributed by atoms with Gasteiger partial charge in [-0.3, -0.25) is 4.79 Å². The lowest BCUT2D eigenvalue weighted by Gasteiger charge is -2.34. The van der Waals surface area contributed by atoms with Crippen molar-refractivity contribution < 1.29 is 4.79 Å². The Morgan fingerprint density at radius 2 is 1.65 bits per heavy atom. The SMILES string of the molecule is CC1(C)CC(=O)C2=C(C1)Nc1ccccc1NC2c1cc(Cl)cc(Cl)c1. The second-order valence-electron chi connectivity index (χ2n) is 7.78. The summed E-state index contributed by atoms with van der Waals surface area (Å²) in [5, 5.41) is 8.16. The Kier molecular flexibility index (Phi) is 4.25. The Hall–Kier alpha value is -1.97. The quantitative estimate of drug-likeness (QED) is 0.611. The van der Waals surface area contributed by atoms with Gasteiger partial charge in [0.15, 0.2) is 5.78 Å². The number of hydrogen-bond donors (Lipinski definition) is 2. The van der Waals surface area contributed by atoms with Crippen molar-refractivity contribution >= 4 is 40.4 Å². The molecule has 2 N–H and O–H groups in total. The van der Waals surface area contributed by atoms with Crippen molar-refractivity contribution in [3.63, 3.8) is 0 Å². The molecule has 3 nitrogen and oxygen atoms in total. The van der Waals surface area contributed by atoms with Crippen molar-refractivity contribution in [2.24, 2.45) is 5.41 Å². The molecule has 2 aromatic rings. The van der Waals surface area contributed by atoms with Gasteiger partial charge in [0, 0.05) is 27.7 Å². The first kappa shape index (κ1) is 17.4. The van der Waals surface area contributed by atoms with Crippen molar-refractivity contribution in [1.82, 2.24) is 0 Å². The molecule has 1 aliphatic carbocycles. The normalized spacial score (nSPS) is 21.2. The molecule has 5 heteroatoms. The van der Waals surface area contributed by atoms with E-state index in [0.29, 0.717) is 16.5 Å². The largest absolute Gasteiger partial charge is 0.372 e. The number of ketones is 1. The maximum absolute atomic E-state index is 13.1. The van der Waals surface area contributed by atoms with E-state index in [2.05, 4.69) is 24.5 Å². The third-order valence-electron chi connectivity index (χ3n) is 4.94. The highest BCUT2D eigenvalue weighted by Gasteiger charge is 2.38. The van der Waals surface area contributed by atoms with Crippen molar-refractivity contribution in [2.45, 2.75) is 32.7 Å². The number of benzene rings is 2. The number of anilines is 2. The fourth-order valence-corrected chi connectivity index (χ4v) is 4.42. The van der Waals surface area contributed by atoms with Crippen LogP contribution in [0.3, 0.4) is 0 Å². The third-order valence-corrected chi connectivity index (χ3v) is 5.38. The predicted molar refractivity (Wildman–Crippen MR) is 108 cm³/mol. The van der Waals surface area contributed by atoms with Crippen LogP contribution in [0.2, 0.25) is 10.0 Å². The molecule has 0 saturated heterocycles. The van der Waals surface area contributed by atoms with Gasteiger partial charge in [0.2, 0.25) is 0 Å². The van der Waals surface area contributed by atoms with Gasteiger partial charge in [0.25, 0.3) is 0 Å². The third kappa shape index (κ3) is 3.22. The van der Waals surface area contributed by atoms with E-state index in [0.717, 1.165) is 34.6 Å². The average Bonchev–Trinajstić information content (AvgIpc) is 2.69. The number of Topliss-reactive ketones (excluding diaryl/α,β-unsaturated/α-hetero) is 1. The van der Waals surface area contributed by atoms with Crippen molar-refractivity contribution in [3.05, 3.63) is 69.3 Å². The van der Waals surface area contributed by atoms with E-state index in [1.54, 1.807) is 6.07 Å². The molecule has 1 heterocycles. The molecule has 0 saturated carbocycles. The van der Waals surface area contributed by atoms with Gasteiger partial charge < -0.3 is 10.6 Å². The van der Waals surface area contributed by atoms with E-state index >= 15 is 0 Å². The van der Waals surface area contributed by atoms with E-state index in [-0.39, 0.29) is 17.2 Å². The molecular weight excluding hydrogens is 367 g/mol. The minimum absolute atomic E-state index is 0.0707. The number of halogens is 2. The molecule has 0 spiro atoms. The van der Waals surface area contributed by atoms with Crippen LogP contribution >= 0.6 is 23.2 Å². The molecule has 0 radical (unpaired) electrons. The molecule has 1 aliphatic heterocycles. The fourth-order valence-electron chi connectivity index (χ4n) is 3.88. The van der Waals surface area contributed by atoms with Crippen LogP contribution in [-0.2, 0) is 4.79 Å². The van der Waals surface area contributed by atoms with E-state index in [4.69, 9.17) is 23.2 Å². The first-order valence-electron chi connectivity index (χ1n) is 8.67. The van der Waals surface area contributed by atoms with Crippen molar-refractivity contribution in [1.29, 1.82) is 0 Å². The van der Waals surface area contributed by atoms with Gasteiger partial charge in [-0.15, -0.1) is 0 Å². The predicted octanol–water partition coefficient (Wildman–Crippen LogP) is 6.22. The number of carbonyl (C=O) groups is 1. The van der Waals surface area contributed by atoms with Gasteiger partial charge >= 0.3 is 0 Å². The smallest absolute Gasteiger partial charge is 0.163 e. The minimum Gasteiger partial charge on any atom is -0.372 e. The first-order chi connectivity index (χ1) is 12.3. The Morgan fingerprint density at radius 3 is 2.35 bits per heavy atom. The molecule has 4 rings (SSSR count). The van der Waals surface area contributed by atoms with Gasteiger partial charge in [-0.1, -0.05) is 49.2 Å². The zero-order valence-electron chi connectivity index (χ0n) is 14.7. The highest BCUT2D eigenvalue weighted by molar-refractivity contribution is 6.34. The lowest BCUT2D eigenvalue weighted by Crippen LogP contribution is -2.31. The van der Waals surface area contributed by atoms with Gasteiger partial charge in [-0.2, -0.15) is 0 Å². The monoisotopic (exact) mass is 386 g/mol. The minimum atomic E-state index is -0.291. The summed E-state index contributed by atoms with van der Waals surface area (Å²) >= 11 is 12.5. The summed E-state index contributed by atoms with van der Waals surface area (Å²) in [4.78, 5) is 13.1. The second-order valence-corrected chi connectivity index (χ2v) is 8.66. The first-order valence-corrected chi connectivity index (χ1v) is 9.43. The molecule has 2 aromatic carbocycles. The number of hydrogen-bond acceptors (Lipinski definition) is 3. The summed E-state index contributed by atoms with van der Waals surface area (Å²) in [7, 11) is 0. The topological polar surface area (TPSA) is 41.1 Å². The maximum atomic E-state index is 13.1. The number of fused-ring (bicyclic) bond motifs is 1. The van der Waals surface area contributed by atoms with Gasteiger partial charge in [-0.25, -0.2) is 0 Å². The Labute approximate surface area is 163 Å². The summed E-state index contributed by atoms with van der Waals surface area (Å²) in [6.07, 6.45) is 1.34. The van der Waals surface area contributed by atoms with Gasteiger partial charge in [0.1, 0.15) is 0 Å². The Balaban J connectivity index is 1.91. The molecule has 134 valence electrons. The zero-order valence-corrected chi connectivity index (χ0v) is 16.2. The van der Waals surface area contributed by atoms with Crippen LogP contribution in [-0.4, -0.2) is 5.78 Å². The molecule has 0 fully saturated rings. The number of rotatable bonds is 1. The van der Waals surface area contributed by atoms with Crippen LogP contribution in [0.15, 0.2) is 53.7 Å². The van der Waals surface area contributed by atoms with Crippen LogP contribution in [0.4, 0.5) is 11.4 Å². The fraction of sp³-hybridized carbons (Fsp3) is 0.286. The lowest BCUT2D eigenvalue weighted by molar-refractivity contribution is -0.118. The van der Waals surface area contributed by atoms with Crippen LogP contribution in [0.25, 0.3) is 0 Å². The van der Waals surface area contributed by atoms with Crippen LogP contribution in [0, 0.1) is 5.41 Å². The maximum Gasteiger partial charge on any atom is 0.163 e. The highest BCUT2D eigenvalue weighted by atomic mass is 35.5. The summed E-state index contributed by atoms with van der Waals surface area (Å²) in [5.74, 6) is 0.158. The Bertz CT molecular complexity index is 913. The van der Waals surface area contributed by atoms with Crippen LogP contribution in [0.1, 0.15) is 38.3 Å².